The Labute approximate surface area is 111 Å². The molecule has 0 amide bonds. The second-order valence-electron chi connectivity index (χ2n) is 4.68. The molecule has 0 aliphatic carbocycles. The van der Waals surface area contributed by atoms with E-state index in [1.807, 2.05) is 0 Å². The average molecular weight is 279 g/mol. The molecule has 1 aromatic carbocycles. The molecular formula is C14H18ClF3. The van der Waals surface area contributed by atoms with Gasteiger partial charge in [-0.1, -0.05) is 32.4 Å². The van der Waals surface area contributed by atoms with Crippen LogP contribution in [0.15, 0.2) is 24.3 Å². The molecule has 1 rings (SSSR count). The van der Waals surface area contributed by atoms with Crippen LogP contribution in [0.25, 0.3) is 0 Å². The first-order chi connectivity index (χ1) is 8.34. The Kier molecular flexibility index (Phi) is 5.51. The van der Waals surface area contributed by atoms with Crippen LogP contribution in [-0.4, -0.2) is 5.38 Å². The second-order valence-corrected chi connectivity index (χ2v) is 5.24. The van der Waals surface area contributed by atoms with Crippen molar-refractivity contribution in [1.82, 2.24) is 0 Å². The Balaban J connectivity index is 2.64. The van der Waals surface area contributed by atoms with Crippen LogP contribution in [0.3, 0.4) is 0 Å². The van der Waals surface area contributed by atoms with Gasteiger partial charge in [0.2, 0.25) is 0 Å². The number of hydrogen-bond donors (Lipinski definition) is 0. The lowest BCUT2D eigenvalue weighted by molar-refractivity contribution is -0.137. The van der Waals surface area contributed by atoms with Gasteiger partial charge in [-0.25, -0.2) is 0 Å². The predicted molar refractivity (Wildman–Crippen MR) is 68.9 cm³/mol. The summed E-state index contributed by atoms with van der Waals surface area (Å²) in [6.45, 7) is 4.17. The molecule has 4 heteroatoms. The Morgan fingerprint density at radius 2 is 1.72 bits per heavy atom. The number of alkyl halides is 4. The largest absolute Gasteiger partial charge is 0.416 e. The van der Waals surface area contributed by atoms with E-state index in [1.165, 1.54) is 12.1 Å². The second kappa shape index (κ2) is 6.46. The van der Waals surface area contributed by atoms with Crippen molar-refractivity contribution in [3.63, 3.8) is 0 Å². The smallest absolute Gasteiger partial charge is 0.166 e. The van der Waals surface area contributed by atoms with Crippen LogP contribution in [0.2, 0.25) is 0 Å². The highest BCUT2D eigenvalue weighted by atomic mass is 35.5. The fourth-order valence-electron chi connectivity index (χ4n) is 1.89. The molecule has 0 nitrogen and oxygen atoms in total. The van der Waals surface area contributed by atoms with E-state index in [4.69, 9.17) is 11.6 Å². The van der Waals surface area contributed by atoms with Gasteiger partial charge >= 0.3 is 6.18 Å². The van der Waals surface area contributed by atoms with Gasteiger partial charge in [-0.15, -0.1) is 11.6 Å². The molecular weight excluding hydrogens is 261 g/mol. The van der Waals surface area contributed by atoms with Gasteiger partial charge < -0.3 is 0 Å². The molecule has 2 unspecified atom stereocenters. The van der Waals surface area contributed by atoms with Crippen LogP contribution in [0.5, 0.6) is 0 Å². The van der Waals surface area contributed by atoms with Gasteiger partial charge in [-0.3, -0.25) is 0 Å². The van der Waals surface area contributed by atoms with Gasteiger partial charge in [0, 0.05) is 5.38 Å². The summed E-state index contributed by atoms with van der Waals surface area (Å²) in [4.78, 5) is 0. The van der Waals surface area contributed by atoms with Gasteiger partial charge in [-0.05, 0) is 36.5 Å². The SMILES string of the molecule is CCCC(C)C(Cl)Cc1ccc(C(F)(F)F)cc1. The highest BCUT2D eigenvalue weighted by Gasteiger charge is 2.30. The quantitative estimate of drug-likeness (QED) is 0.642. The summed E-state index contributed by atoms with van der Waals surface area (Å²) in [5.41, 5.74) is 0.241. The monoisotopic (exact) mass is 278 g/mol. The maximum absolute atomic E-state index is 12.4. The first-order valence-corrected chi connectivity index (χ1v) is 6.58. The van der Waals surface area contributed by atoms with E-state index in [2.05, 4.69) is 13.8 Å². The van der Waals surface area contributed by atoms with E-state index in [9.17, 15) is 13.2 Å². The first-order valence-electron chi connectivity index (χ1n) is 6.14. The van der Waals surface area contributed by atoms with E-state index in [0.717, 1.165) is 30.5 Å². The molecule has 0 spiro atoms. The molecule has 2 atom stereocenters. The number of benzene rings is 1. The normalized spacial score (nSPS) is 15.4. The lowest BCUT2D eigenvalue weighted by atomic mass is 9.96. The molecule has 0 saturated heterocycles. The molecule has 0 saturated carbocycles. The van der Waals surface area contributed by atoms with Crippen LogP contribution >= 0.6 is 11.6 Å². The van der Waals surface area contributed by atoms with E-state index < -0.39 is 11.7 Å². The summed E-state index contributed by atoms with van der Waals surface area (Å²) < 4.78 is 37.2. The van der Waals surface area contributed by atoms with Gasteiger partial charge in [0.1, 0.15) is 0 Å². The third kappa shape index (κ3) is 4.52. The van der Waals surface area contributed by atoms with E-state index in [-0.39, 0.29) is 5.38 Å². The van der Waals surface area contributed by atoms with E-state index >= 15 is 0 Å². The van der Waals surface area contributed by atoms with Crippen LogP contribution in [0, 0.1) is 5.92 Å². The fourth-order valence-corrected chi connectivity index (χ4v) is 2.20. The molecule has 0 bridgehead atoms. The van der Waals surface area contributed by atoms with Crippen molar-refractivity contribution < 1.29 is 13.2 Å². The summed E-state index contributed by atoms with van der Waals surface area (Å²) in [5, 5.41) is -0.0262. The Morgan fingerprint density at radius 3 is 2.17 bits per heavy atom. The van der Waals surface area contributed by atoms with Crippen molar-refractivity contribution >= 4 is 11.6 Å². The summed E-state index contributed by atoms with van der Waals surface area (Å²) in [5.74, 6) is 0.374. The Morgan fingerprint density at radius 1 is 1.17 bits per heavy atom. The van der Waals surface area contributed by atoms with Crippen LogP contribution < -0.4 is 0 Å². The lowest BCUT2D eigenvalue weighted by Crippen LogP contribution is -2.14. The van der Waals surface area contributed by atoms with Gasteiger partial charge in [0.25, 0.3) is 0 Å². The van der Waals surface area contributed by atoms with Crippen LogP contribution in [0.4, 0.5) is 13.2 Å². The molecule has 102 valence electrons. The summed E-state index contributed by atoms with van der Waals surface area (Å²) >= 11 is 6.25. The van der Waals surface area contributed by atoms with Crippen molar-refractivity contribution in [3.05, 3.63) is 35.4 Å². The maximum Gasteiger partial charge on any atom is 0.416 e. The molecule has 0 aliphatic rings. The maximum atomic E-state index is 12.4. The van der Waals surface area contributed by atoms with E-state index in [0.29, 0.717) is 12.3 Å². The topological polar surface area (TPSA) is 0 Å². The fraction of sp³-hybridized carbons (Fsp3) is 0.571. The summed E-state index contributed by atoms with van der Waals surface area (Å²) in [6.07, 6.45) is -1.55. The minimum atomic E-state index is -4.27. The molecule has 0 fully saturated rings. The van der Waals surface area contributed by atoms with E-state index in [1.54, 1.807) is 0 Å². The minimum absolute atomic E-state index is 0.0262. The predicted octanol–water partition coefficient (Wildman–Crippen LogP) is 5.29. The minimum Gasteiger partial charge on any atom is -0.166 e. The zero-order valence-corrected chi connectivity index (χ0v) is 11.4. The average Bonchev–Trinajstić information content (AvgIpc) is 2.28. The Bertz CT molecular complexity index is 356. The number of hydrogen-bond acceptors (Lipinski definition) is 0. The lowest BCUT2D eigenvalue weighted by Gasteiger charge is -2.17. The molecule has 0 heterocycles. The van der Waals surface area contributed by atoms with Crippen LogP contribution in [0.1, 0.15) is 37.8 Å². The van der Waals surface area contributed by atoms with Gasteiger partial charge in [-0.2, -0.15) is 13.2 Å². The van der Waals surface area contributed by atoms with Gasteiger partial charge in [0.05, 0.1) is 5.56 Å². The molecule has 0 N–H and O–H groups in total. The van der Waals surface area contributed by atoms with Crippen molar-refractivity contribution in [2.75, 3.05) is 0 Å². The standard InChI is InChI=1S/C14H18ClF3/c1-3-4-10(2)13(15)9-11-5-7-12(8-6-11)14(16,17)18/h5-8,10,13H,3-4,9H2,1-2H3. The summed E-state index contributed by atoms with van der Waals surface area (Å²) in [6, 6.07) is 5.25. The first kappa shape index (κ1) is 15.4. The Hall–Kier alpha value is -0.700. The van der Waals surface area contributed by atoms with Crippen LogP contribution in [-0.2, 0) is 12.6 Å². The third-order valence-corrected chi connectivity index (χ3v) is 3.66. The molecule has 0 radical (unpaired) electrons. The van der Waals surface area contributed by atoms with Crippen molar-refractivity contribution in [1.29, 1.82) is 0 Å². The number of halogens is 4. The van der Waals surface area contributed by atoms with Crippen molar-refractivity contribution in [2.24, 2.45) is 5.92 Å². The van der Waals surface area contributed by atoms with Crippen molar-refractivity contribution in [3.8, 4) is 0 Å². The van der Waals surface area contributed by atoms with Gasteiger partial charge in [0.15, 0.2) is 0 Å². The molecule has 0 aliphatic heterocycles. The zero-order valence-electron chi connectivity index (χ0n) is 10.6. The molecule has 18 heavy (non-hydrogen) atoms. The zero-order chi connectivity index (χ0) is 13.8. The van der Waals surface area contributed by atoms with Crippen molar-refractivity contribution in [2.45, 2.75) is 44.7 Å². The highest BCUT2D eigenvalue weighted by molar-refractivity contribution is 6.20. The molecule has 0 aromatic heterocycles. The number of rotatable bonds is 5. The third-order valence-electron chi connectivity index (χ3n) is 3.07. The summed E-state index contributed by atoms with van der Waals surface area (Å²) in [7, 11) is 0. The molecule has 1 aromatic rings. The highest BCUT2D eigenvalue weighted by Crippen LogP contribution is 2.29.